The van der Waals surface area contributed by atoms with Crippen molar-refractivity contribution in [2.24, 2.45) is 0 Å². The molecule has 1 unspecified atom stereocenters. The number of hydrogen-bond acceptors (Lipinski definition) is 4. The van der Waals surface area contributed by atoms with Crippen molar-refractivity contribution in [3.63, 3.8) is 0 Å². The van der Waals surface area contributed by atoms with E-state index in [-0.39, 0.29) is 22.6 Å². The zero-order chi connectivity index (χ0) is 14.5. The number of aromatic carboxylic acids is 1. The van der Waals surface area contributed by atoms with Crippen LogP contribution in [0.5, 0.6) is 0 Å². The number of benzene rings is 1. The van der Waals surface area contributed by atoms with Gasteiger partial charge < -0.3 is 10.1 Å². The minimum absolute atomic E-state index is 0.000737. The molecule has 2 aromatic rings. The van der Waals surface area contributed by atoms with Gasteiger partial charge >= 0.3 is 11.7 Å². The maximum atomic E-state index is 12.0. The smallest absolute Gasteiger partial charge is 0.337 e. The van der Waals surface area contributed by atoms with Gasteiger partial charge in [0.25, 0.3) is 0 Å². The summed E-state index contributed by atoms with van der Waals surface area (Å²) in [6.45, 7) is 0. The highest BCUT2D eigenvalue weighted by Gasteiger charge is 2.31. The van der Waals surface area contributed by atoms with Crippen LogP contribution in [0.15, 0.2) is 23.0 Å². The summed E-state index contributed by atoms with van der Waals surface area (Å²) >= 11 is 0. The zero-order valence-corrected chi connectivity index (χ0v) is 11.2. The van der Waals surface area contributed by atoms with Crippen molar-refractivity contribution in [3.05, 3.63) is 34.2 Å². The number of hydrogen-bond donors (Lipinski definition) is 2. The zero-order valence-electron chi connectivity index (χ0n) is 10.4. The number of rotatable bonds is 2. The molecule has 1 atom stereocenters. The molecule has 0 amide bonds. The first-order valence-electron chi connectivity index (χ1n) is 6.06. The van der Waals surface area contributed by atoms with Crippen molar-refractivity contribution < 1.29 is 18.3 Å². The van der Waals surface area contributed by atoms with Crippen LogP contribution in [-0.2, 0) is 9.84 Å². The van der Waals surface area contributed by atoms with E-state index in [9.17, 15) is 18.0 Å². The topological polar surface area (TPSA) is 109 Å². The van der Waals surface area contributed by atoms with Gasteiger partial charge in [-0.15, -0.1) is 0 Å². The lowest BCUT2D eigenvalue weighted by Crippen LogP contribution is -2.23. The lowest BCUT2D eigenvalue weighted by atomic mass is 10.1. The van der Waals surface area contributed by atoms with Crippen LogP contribution in [0.1, 0.15) is 22.8 Å². The van der Waals surface area contributed by atoms with Crippen LogP contribution in [-0.4, -0.2) is 40.6 Å². The number of carboxylic acid groups (broad SMARTS) is 1. The van der Waals surface area contributed by atoms with E-state index >= 15 is 0 Å². The quantitative estimate of drug-likeness (QED) is 0.833. The Hall–Kier alpha value is -2.09. The molecular weight excluding hydrogens is 284 g/mol. The summed E-state index contributed by atoms with van der Waals surface area (Å²) in [6, 6.07) is 4.12. The van der Waals surface area contributed by atoms with Gasteiger partial charge in [0.15, 0.2) is 9.84 Å². The van der Waals surface area contributed by atoms with Crippen molar-refractivity contribution in [1.82, 2.24) is 9.55 Å². The molecule has 1 aromatic carbocycles. The van der Waals surface area contributed by atoms with Crippen molar-refractivity contribution in [2.75, 3.05) is 11.5 Å². The minimum atomic E-state index is -3.12. The SMILES string of the molecule is O=C(O)c1cccc2c1[nH]c(=O)n2C1CCS(=O)(=O)C1. The summed E-state index contributed by atoms with van der Waals surface area (Å²) in [6.07, 6.45) is 0.368. The highest BCUT2D eigenvalue weighted by atomic mass is 32.2. The van der Waals surface area contributed by atoms with E-state index < -0.39 is 27.5 Å². The van der Waals surface area contributed by atoms with Gasteiger partial charge in [0.1, 0.15) is 0 Å². The van der Waals surface area contributed by atoms with Crippen LogP contribution >= 0.6 is 0 Å². The molecule has 106 valence electrons. The number of carboxylic acids is 1. The molecule has 1 saturated heterocycles. The van der Waals surface area contributed by atoms with Crippen LogP contribution in [0.25, 0.3) is 11.0 Å². The third kappa shape index (κ3) is 1.92. The number of para-hydroxylation sites is 1. The Balaban J connectivity index is 2.23. The molecule has 0 saturated carbocycles. The summed E-state index contributed by atoms with van der Waals surface area (Å²) in [5, 5.41) is 9.10. The molecule has 2 heterocycles. The van der Waals surface area contributed by atoms with Gasteiger partial charge in [-0.2, -0.15) is 0 Å². The first-order valence-corrected chi connectivity index (χ1v) is 7.88. The van der Waals surface area contributed by atoms with E-state index in [2.05, 4.69) is 4.98 Å². The molecule has 8 heteroatoms. The predicted molar refractivity (Wildman–Crippen MR) is 71.8 cm³/mol. The van der Waals surface area contributed by atoms with E-state index in [1.165, 1.54) is 10.6 Å². The van der Waals surface area contributed by atoms with Crippen molar-refractivity contribution >= 4 is 26.8 Å². The van der Waals surface area contributed by atoms with Crippen LogP contribution < -0.4 is 5.69 Å². The van der Waals surface area contributed by atoms with Crippen molar-refractivity contribution in [1.29, 1.82) is 0 Å². The molecule has 1 fully saturated rings. The van der Waals surface area contributed by atoms with E-state index in [0.717, 1.165) is 0 Å². The fourth-order valence-electron chi connectivity index (χ4n) is 2.67. The Kier molecular flexibility index (Phi) is 2.72. The highest BCUT2D eigenvalue weighted by Crippen LogP contribution is 2.26. The molecule has 0 bridgehead atoms. The van der Waals surface area contributed by atoms with Crippen LogP contribution in [0.4, 0.5) is 0 Å². The maximum Gasteiger partial charge on any atom is 0.337 e. The first-order chi connectivity index (χ1) is 9.39. The predicted octanol–water partition coefficient (Wildman–Crippen LogP) is 0.387. The Morgan fingerprint density at radius 3 is 2.75 bits per heavy atom. The molecule has 0 radical (unpaired) electrons. The van der Waals surface area contributed by atoms with Gasteiger partial charge in [-0.25, -0.2) is 18.0 Å². The number of nitrogens with one attached hydrogen (secondary N) is 1. The van der Waals surface area contributed by atoms with E-state index in [4.69, 9.17) is 5.11 Å². The van der Waals surface area contributed by atoms with Crippen molar-refractivity contribution in [3.8, 4) is 0 Å². The molecule has 1 aromatic heterocycles. The molecule has 3 rings (SSSR count). The number of aromatic nitrogens is 2. The van der Waals surface area contributed by atoms with Gasteiger partial charge in [-0.1, -0.05) is 6.07 Å². The average molecular weight is 296 g/mol. The van der Waals surface area contributed by atoms with E-state index in [0.29, 0.717) is 11.9 Å². The van der Waals surface area contributed by atoms with Gasteiger partial charge in [0.2, 0.25) is 0 Å². The van der Waals surface area contributed by atoms with Crippen molar-refractivity contribution in [2.45, 2.75) is 12.5 Å². The second kappa shape index (κ2) is 4.20. The largest absolute Gasteiger partial charge is 0.478 e. The third-order valence-corrected chi connectivity index (χ3v) is 5.31. The molecule has 0 aliphatic carbocycles. The van der Waals surface area contributed by atoms with Crippen LogP contribution in [0.3, 0.4) is 0 Å². The lowest BCUT2D eigenvalue weighted by Gasteiger charge is -2.09. The van der Waals surface area contributed by atoms with Gasteiger partial charge in [-0.05, 0) is 18.6 Å². The Bertz CT molecular complexity index is 862. The van der Waals surface area contributed by atoms with Gasteiger partial charge in [-0.3, -0.25) is 4.57 Å². The Morgan fingerprint density at radius 1 is 1.40 bits per heavy atom. The fraction of sp³-hybridized carbons (Fsp3) is 0.333. The number of imidazole rings is 1. The number of sulfone groups is 1. The number of fused-ring (bicyclic) bond motifs is 1. The molecule has 0 spiro atoms. The van der Waals surface area contributed by atoms with Gasteiger partial charge in [0, 0.05) is 0 Å². The third-order valence-electron chi connectivity index (χ3n) is 3.56. The summed E-state index contributed by atoms with van der Waals surface area (Å²) in [5.74, 6) is -1.17. The number of H-pyrrole nitrogens is 1. The molecule has 2 N–H and O–H groups in total. The second-order valence-electron chi connectivity index (χ2n) is 4.86. The Morgan fingerprint density at radius 2 is 2.15 bits per heavy atom. The molecule has 20 heavy (non-hydrogen) atoms. The molecule has 1 aliphatic rings. The van der Waals surface area contributed by atoms with E-state index in [1.54, 1.807) is 12.1 Å². The molecule has 1 aliphatic heterocycles. The van der Waals surface area contributed by atoms with E-state index in [1.807, 2.05) is 0 Å². The number of nitrogens with zero attached hydrogens (tertiary/aromatic N) is 1. The monoisotopic (exact) mass is 296 g/mol. The summed E-state index contributed by atoms with van der Waals surface area (Å²) in [4.78, 5) is 25.7. The molecule has 7 nitrogen and oxygen atoms in total. The maximum absolute atomic E-state index is 12.0. The second-order valence-corrected chi connectivity index (χ2v) is 7.09. The standard InChI is InChI=1S/C12H12N2O5S/c15-11(16)8-2-1-3-9-10(8)13-12(17)14(9)7-4-5-20(18,19)6-7/h1-3,7H,4-6H2,(H,13,17)(H,15,16). The average Bonchev–Trinajstić information content (AvgIpc) is 2.87. The number of carbonyl (C=O) groups is 1. The summed E-state index contributed by atoms with van der Waals surface area (Å²) in [5.41, 5.74) is 0.182. The Labute approximate surface area is 113 Å². The lowest BCUT2D eigenvalue weighted by molar-refractivity contribution is 0.0699. The summed E-state index contributed by atoms with van der Waals surface area (Å²) < 4.78 is 24.4. The van der Waals surface area contributed by atoms with Crippen LogP contribution in [0, 0.1) is 0 Å². The first kappa shape index (κ1) is 12.9. The minimum Gasteiger partial charge on any atom is -0.478 e. The fourth-order valence-corrected chi connectivity index (χ4v) is 4.37. The normalized spacial score (nSPS) is 21.3. The number of aromatic amines is 1. The van der Waals surface area contributed by atoms with Gasteiger partial charge in [0.05, 0.1) is 34.1 Å². The molecular formula is C12H12N2O5S. The highest BCUT2D eigenvalue weighted by molar-refractivity contribution is 7.91. The summed E-state index contributed by atoms with van der Waals surface area (Å²) in [7, 11) is -3.12. The van der Waals surface area contributed by atoms with Crippen LogP contribution in [0.2, 0.25) is 0 Å².